The van der Waals surface area contributed by atoms with Crippen molar-refractivity contribution in [3.63, 3.8) is 0 Å². The number of rotatable bonds is 2. The van der Waals surface area contributed by atoms with Crippen molar-refractivity contribution in [3.8, 4) is 0 Å². The molecule has 5 heteroatoms. The molecule has 68 valence electrons. The summed E-state index contributed by atoms with van der Waals surface area (Å²) in [5.74, 6) is -0.0947. The van der Waals surface area contributed by atoms with Crippen LogP contribution in [0.5, 0.6) is 0 Å². The molecule has 0 spiro atoms. The number of nitrogens with one attached hydrogen (secondary N) is 1. The first-order valence-corrected chi connectivity index (χ1v) is 3.75. The zero-order valence-electron chi connectivity index (χ0n) is 7.16. The second kappa shape index (κ2) is 3.42. The molecular formula is C7H12N2O3. The summed E-state index contributed by atoms with van der Waals surface area (Å²) in [6.07, 6.45) is -0.328. The predicted molar refractivity (Wildman–Crippen MR) is 41.6 cm³/mol. The van der Waals surface area contributed by atoms with E-state index in [9.17, 15) is 9.59 Å². The molecule has 1 fully saturated rings. The summed E-state index contributed by atoms with van der Waals surface area (Å²) in [5, 5.41) is 2.63. The topological polar surface area (TPSA) is 58.6 Å². The van der Waals surface area contributed by atoms with E-state index in [4.69, 9.17) is 4.74 Å². The third kappa shape index (κ3) is 1.87. The van der Waals surface area contributed by atoms with Crippen LogP contribution in [0.25, 0.3) is 0 Å². The summed E-state index contributed by atoms with van der Waals surface area (Å²) < 4.78 is 4.75. The first-order valence-electron chi connectivity index (χ1n) is 3.75. The summed E-state index contributed by atoms with van der Waals surface area (Å²) in [5.41, 5.74) is 0. The fraction of sp³-hybridized carbons (Fsp3) is 0.714. The van der Waals surface area contributed by atoms with E-state index in [0.29, 0.717) is 13.2 Å². The van der Waals surface area contributed by atoms with E-state index < -0.39 is 0 Å². The Bertz CT molecular complexity index is 205. The Kier molecular flexibility index (Phi) is 2.52. The summed E-state index contributed by atoms with van der Waals surface area (Å²) >= 11 is 0. The molecule has 1 N–H and O–H groups in total. The Morgan fingerprint density at radius 2 is 2.50 bits per heavy atom. The van der Waals surface area contributed by atoms with Crippen LogP contribution < -0.4 is 5.32 Å². The summed E-state index contributed by atoms with van der Waals surface area (Å²) in [6, 6.07) is -0.0265. The molecule has 1 saturated heterocycles. The fourth-order valence-electron chi connectivity index (χ4n) is 0.988. The zero-order valence-corrected chi connectivity index (χ0v) is 7.16. The molecule has 0 bridgehead atoms. The SMILES string of the molecule is CC(=O)NCC1COC(=O)N1C. The van der Waals surface area contributed by atoms with Crippen LogP contribution in [0.2, 0.25) is 0 Å². The van der Waals surface area contributed by atoms with Crippen molar-refractivity contribution < 1.29 is 14.3 Å². The first kappa shape index (κ1) is 8.83. The lowest BCUT2D eigenvalue weighted by Gasteiger charge is -2.15. The molecule has 1 rings (SSSR count). The molecule has 0 radical (unpaired) electrons. The van der Waals surface area contributed by atoms with Gasteiger partial charge in [0.25, 0.3) is 0 Å². The number of cyclic esters (lactones) is 1. The van der Waals surface area contributed by atoms with Crippen LogP contribution in [-0.4, -0.2) is 43.1 Å². The van der Waals surface area contributed by atoms with Crippen LogP contribution in [-0.2, 0) is 9.53 Å². The van der Waals surface area contributed by atoms with Crippen molar-refractivity contribution >= 4 is 12.0 Å². The van der Waals surface area contributed by atoms with Gasteiger partial charge in [-0.1, -0.05) is 0 Å². The van der Waals surface area contributed by atoms with Crippen molar-refractivity contribution in [1.29, 1.82) is 0 Å². The maximum Gasteiger partial charge on any atom is 0.410 e. The Morgan fingerprint density at radius 1 is 1.83 bits per heavy atom. The highest BCUT2D eigenvalue weighted by molar-refractivity contribution is 5.73. The predicted octanol–water partition coefficient (Wildman–Crippen LogP) is -0.427. The lowest BCUT2D eigenvalue weighted by molar-refractivity contribution is -0.119. The van der Waals surface area contributed by atoms with Crippen LogP contribution in [0.15, 0.2) is 0 Å². The molecule has 1 unspecified atom stereocenters. The molecular weight excluding hydrogens is 160 g/mol. The molecule has 2 amide bonds. The van der Waals surface area contributed by atoms with Crippen molar-refractivity contribution in [3.05, 3.63) is 0 Å². The molecule has 12 heavy (non-hydrogen) atoms. The Balaban J connectivity index is 2.34. The van der Waals surface area contributed by atoms with Crippen molar-refractivity contribution in [2.24, 2.45) is 0 Å². The van der Waals surface area contributed by atoms with Gasteiger partial charge >= 0.3 is 6.09 Å². The lowest BCUT2D eigenvalue weighted by Crippen LogP contribution is -2.39. The number of nitrogens with zero attached hydrogens (tertiary/aromatic N) is 1. The largest absolute Gasteiger partial charge is 0.447 e. The maximum atomic E-state index is 10.8. The minimum Gasteiger partial charge on any atom is -0.447 e. The highest BCUT2D eigenvalue weighted by Crippen LogP contribution is 2.07. The number of carbonyl (C=O) groups is 2. The van der Waals surface area contributed by atoms with Crippen molar-refractivity contribution in [2.75, 3.05) is 20.2 Å². The average Bonchev–Trinajstić information content (AvgIpc) is 2.30. The maximum absolute atomic E-state index is 10.8. The van der Waals surface area contributed by atoms with E-state index in [1.165, 1.54) is 11.8 Å². The van der Waals surface area contributed by atoms with Gasteiger partial charge in [-0.15, -0.1) is 0 Å². The van der Waals surface area contributed by atoms with Gasteiger partial charge in [-0.3, -0.25) is 4.79 Å². The van der Waals surface area contributed by atoms with E-state index >= 15 is 0 Å². The monoisotopic (exact) mass is 172 g/mol. The van der Waals surface area contributed by atoms with Gasteiger partial charge in [0.1, 0.15) is 6.61 Å². The van der Waals surface area contributed by atoms with Crippen LogP contribution in [0.4, 0.5) is 4.79 Å². The summed E-state index contributed by atoms with van der Waals surface area (Å²) in [4.78, 5) is 22.8. The molecule has 0 aromatic rings. The van der Waals surface area contributed by atoms with Gasteiger partial charge in [0, 0.05) is 20.5 Å². The number of hydrogen-bond donors (Lipinski definition) is 1. The molecule has 0 saturated carbocycles. The van der Waals surface area contributed by atoms with E-state index in [-0.39, 0.29) is 18.0 Å². The fourth-order valence-corrected chi connectivity index (χ4v) is 0.988. The van der Waals surface area contributed by atoms with Gasteiger partial charge in [-0.05, 0) is 0 Å². The molecule has 5 nitrogen and oxygen atoms in total. The number of likely N-dealkylation sites (N-methyl/N-ethyl adjacent to an activating group) is 1. The van der Waals surface area contributed by atoms with Crippen LogP contribution in [0, 0.1) is 0 Å². The highest BCUT2D eigenvalue weighted by atomic mass is 16.6. The van der Waals surface area contributed by atoms with Crippen LogP contribution >= 0.6 is 0 Å². The van der Waals surface area contributed by atoms with Gasteiger partial charge in [0.05, 0.1) is 6.04 Å². The van der Waals surface area contributed by atoms with Gasteiger partial charge in [0.15, 0.2) is 0 Å². The molecule has 1 aliphatic heterocycles. The van der Waals surface area contributed by atoms with E-state index in [2.05, 4.69) is 5.32 Å². The second-order valence-corrected chi connectivity index (χ2v) is 2.78. The normalized spacial score (nSPS) is 22.3. The number of hydrogen-bond acceptors (Lipinski definition) is 3. The lowest BCUT2D eigenvalue weighted by atomic mass is 10.3. The molecule has 0 aromatic carbocycles. The van der Waals surface area contributed by atoms with Crippen molar-refractivity contribution in [2.45, 2.75) is 13.0 Å². The molecule has 1 heterocycles. The van der Waals surface area contributed by atoms with Crippen molar-refractivity contribution in [1.82, 2.24) is 10.2 Å². The smallest absolute Gasteiger partial charge is 0.410 e. The van der Waals surface area contributed by atoms with Crippen LogP contribution in [0.1, 0.15) is 6.92 Å². The minimum absolute atomic E-state index is 0.0265. The standard InChI is InChI=1S/C7H12N2O3/c1-5(10)8-3-6-4-12-7(11)9(6)2/h6H,3-4H2,1-2H3,(H,8,10). The summed E-state index contributed by atoms with van der Waals surface area (Å²) in [7, 11) is 1.65. The highest BCUT2D eigenvalue weighted by Gasteiger charge is 2.29. The number of ether oxygens (including phenoxy) is 1. The number of carbonyl (C=O) groups excluding carboxylic acids is 2. The van der Waals surface area contributed by atoms with E-state index in [1.807, 2.05) is 0 Å². The van der Waals surface area contributed by atoms with Gasteiger partial charge in [-0.25, -0.2) is 4.79 Å². The van der Waals surface area contributed by atoms with Crippen LogP contribution in [0.3, 0.4) is 0 Å². The average molecular weight is 172 g/mol. The minimum atomic E-state index is -0.328. The zero-order chi connectivity index (χ0) is 9.14. The third-order valence-corrected chi connectivity index (χ3v) is 1.82. The molecule has 0 aromatic heterocycles. The van der Waals surface area contributed by atoms with Gasteiger partial charge < -0.3 is 15.0 Å². The number of amides is 2. The molecule has 0 aliphatic carbocycles. The second-order valence-electron chi connectivity index (χ2n) is 2.78. The Morgan fingerprint density at radius 3 is 2.92 bits per heavy atom. The molecule has 1 atom stereocenters. The quantitative estimate of drug-likeness (QED) is 0.615. The van der Waals surface area contributed by atoms with Gasteiger partial charge in [-0.2, -0.15) is 0 Å². The summed E-state index contributed by atoms with van der Waals surface area (Å²) in [6.45, 7) is 2.25. The van der Waals surface area contributed by atoms with Gasteiger partial charge in [0.2, 0.25) is 5.91 Å². The first-order chi connectivity index (χ1) is 5.61. The third-order valence-electron chi connectivity index (χ3n) is 1.82. The Labute approximate surface area is 70.7 Å². The Hall–Kier alpha value is -1.26. The molecule has 1 aliphatic rings. The van der Waals surface area contributed by atoms with E-state index in [1.54, 1.807) is 7.05 Å². The van der Waals surface area contributed by atoms with E-state index in [0.717, 1.165) is 0 Å².